The van der Waals surface area contributed by atoms with Gasteiger partial charge < -0.3 is 56.7 Å². The van der Waals surface area contributed by atoms with Crippen molar-refractivity contribution in [1.29, 1.82) is 0 Å². The lowest BCUT2D eigenvalue weighted by Gasteiger charge is -2.32. The molecule has 15 rings (SSSR count). The van der Waals surface area contributed by atoms with Crippen molar-refractivity contribution in [2.45, 2.75) is 128 Å². The number of anilines is 2. The fourth-order valence-electron chi connectivity index (χ4n) is 11.9. The van der Waals surface area contributed by atoms with Gasteiger partial charge in [0.25, 0.3) is 0 Å². The molecule has 0 radical (unpaired) electrons. The molecule has 30 heteroatoms. The number of nitrogens with zero attached hydrogens (tertiary/aromatic N) is 14. The Hall–Kier alpha value is -6.31. The van der Waals surface area contributed by atoms with Crippen molar-refractivity contribution in [3.63, 3.8) is 0 Å². The van der Waals surface area contributed by atoms with E-state index >= 15 is 0 Å². The number of morpholine rings is 2. The van der Waals surface area contributed by atoms with Crippen molar-refractivity contribution in [3.8, 4) is 11.4 Å². The average Bonchev–Trinajstić information content (AvgIpc) is 1.83. The van der Waals surface area contributed by atoms with Crippen molar-refractivity contribution in [2.75, 3.05) is 88.8 Å². The highest BCUT2D eigenvalue weighted by Gasteiger charge is 2.53. The van der Waals surface area contributed by atoms with Crippen LogP contribution in [0.3, 0.4) is 0 Å². The molecule has 0 spiro atoms. The Morgan fingerprint density at radius 1 is 0.535 bits per heavy atom. The molecule has 7 aliphatic heterocycles. The van der Waals surface area contributed by atoms with E-state index in [1.807, 2.05) is 49.6 Å². The number of fused-ring (bicyclic) bond motifs is 8. The summed E-state index contributed by atoms with van der Waals surface area (Å²) in [5, 5.41) is 11.1. The molecule has 13 heterocycles. The molecule has 0 N–H and O–H groups in total. The fraction of sp³-hybridized carbons (Fsp3) is 0.571. The highest BCUT2D eigenvalue weighted by atomic mass is 35.5. The first kappa shape index (κ1) is 58.7. The smallest absolute Gasteiger partial charge is 0.399 e. The lowest BCUT2D eigenvalue weighted by Crippen LogP contribution is -2.41. The van der Waals surface area contributed by atoms with Crippen molar-refractivity contribution in [2.24, 2.45) is 0 Å². The van der Waals surface area contributed by atoms with Gasteiger partial charge in [-0.2, -0.15) is 46.5 Å². The first-order chi connectivity index (χ1) is 41.3. The topological polar surface area (TPSA) is 203 Å². The Morgan fingerprint density at radius 3 is 1.53 bits per heavy atom. The molecule has 22 nitrogen and oxygen atoms in total. The molecule has 458 valence electrons. The van der Waals surface area contributed by atoms with Gasteiger partial charge in [-0.05, 0) is 95.4 Å². The van der Waals surface area contributed by atoms with Crippen LogP contribution in [-0.2, 0) is 50.8 Å². The predicted octanol–water partition coefficient (Wildman–Crippen LogP) is 9.00. The summed E-state index contributed by atoms with van der Waals surface area (Å²) in [6.45, 7) is 14.3. The van der Waals surface area contributed by atoms with Crippen LogP contribution in [0, 0.1) is 0 Å². The second-order valence-electron chi connectivity index (χ2n) is 23.0. The summed E-state index contributed by atoms with van der Waals surface area (Å²) in [5.74, 6) is 0.925. The van der Waals surface area contributed by atoms with E-state index in [0.717, 1.165) is 71.5 Å². The van der Waals surface area contributed by atoms with E-state index in [1.165, 1.54) is 15.6 Å². The van der Waals surface area contributed by atoms with Gasteiger partial charge in [0.05, 0.1) is 74.3 Å². The molecular weight excluding hydrogens is 1160 g/mol. The maximum absolute atomic E-state index is 13.8. The highest BCUT2D eigenvalue weighted by molar-refractivity contribution is 6.65. The summed E-state index contributed by atoms with van der Waals surface area (Å²) in [6.07, 6.45) is -3.40. The van der Waals surface area contributed by atoms with Gasteiger partial charge in [0.2, 0.25) is 17.5 Å². The summed E-state index contributed by atoms with van der Waals surface area (Å²) in [4.78, 5) is 30.4. The second-order valence-corrected chi connectivity index (χ2v) is 23.3. The quantitative estimate of drug-likeness (QED) is 0.0866. The Labute approximate surface area is 494 Å². The molecular formula is C56H64BClF6N14O8. The molecule has 4 atom stereocenters. The molecule has 8 aromatic rings. The van der Waals surface area contributed by atoms with Crippen LogP contribution in [0.2, 0.25) is 5.28 Å². The molecule has 0 aliphatic carbocycles. The van der Waals surface area contributed by atoms with Crippen molar-refractivity contribution in [3.05, 3.63) is 65.7 Å². The first-order valence-electron chi connectivity index (χ1n) is 29.1. The molecule has 0 bridgehead atoms. The van der Waals surface area contributed by atoms with Crippen LogP contribution < -0.4 is 15.3 Å². The molecule has 2 aromatic carbocycles. The highest BCUT2D eigenvalue weighted by Crippen LogP contribution is 2.43. The second kappa shape index (κ2) is 23.3. The maximum Gasteiger partial charge on any atom is 0.495 e. The zero-order valence-corrected chi connectivity index (χ0v) is 48.6. The fourth-order valence-corrected chi connectivity index (χ4v) is 12.1. The van der Waals surface area contributed by atoms with Gasteiger partial charge in [-0.15, -0.1) is 0 Å². The van der Waals surface area contributed by atoms with Crippen LogP contribution >= 0.6 is 11.6 Å². The van der Waals surface area contributed by atoms with Gasteiger partial charge in [-0.25, -0.2) is 29.3 Å². The van der Waals surface area contributed by atoms with E-state index in [9.17, 15) is 26.3 Å². The van der Waals surface area contributed by atoms with Crippen LogP contribution in [0.4, 0.5) is 38.0 Å². The zero-order valence-electron chi connectivity index (χ0n) is 47.8. The summed E-state index contributed by atoms with van der Waals surface area (Å²) in [5.41, 5.74) is 4.36. The molecule has 6 aromatic heterocycles. The van der Waals surface area contributed by atoms with E-state index in [1.54, 1.807) is 6.20 Å². The van der Waals surface area contributed by atoms with Crippen LogP contribution in [-0.4, -0.2) is 168 Å². The molecule has 0 amide bonds. The normalized spacial score (nSPS) is 23.5. The summed E-state index contributed by atoms with van der Waals surface area (Å²) < 4.78 is 133. The van der Waals surface area contributed by atoms with Crippen molar-refractivity contribution < 1.29 is 64.1 Å². The summed E-state index contributed by atoms with van der Waals surface area (Å²) >= 11 is 5.99. The number of imidazole rings is 2. The minimum absolute atomic E-state index is 0.0262. The number of aromatic nitrogens is 12. The van der Waals surface area contributed by atoms with Crippen LogP contribution in [0.5, 0.6) is 0 Å². The number of rotatable bonds is 6. The van der Waals surface area contributed by atoms with Gasteiger partial charge in [0, 0.05) is 68.8 Å². The van der Waals surface area contributed by atoms with Crippen LogP contribution in [0.15, 0.2) is 48.8 Å². The Kier molecular flexibility index (Phi) is 15.9. The molecule has 5 saturated heterocycles. The molecule has 7 aliphatic rings. The third kappa shape index (κ3) is 11.1. The summed E-state index contributed by atoms with van der Waals surface area (Å²) in [7, 11) is -0.372. The third-order valence-electron chi connectivity index (χ3n) is 17.0. The van der Waals surface area contributed by atoms with E-state index in [2.05, 4.69) is 70.0 Å². The van der Waals surface area contributed by atoms with Gasteiger partial charge in [-0.3, -0.25) is 0 Å². The maximum atomic E-state index is 13.8. The monoisotopic (exact) mass is 1220 g/mol. The van der Waals surface area contributed by atoms with Gasteiger partial charge in [0.15, 0.2) is 52.2 Å². The standard InChI is InChI=1S/C25H26F3N7O3.C18H25BN2O3.C13H13ClF3N5O2/c26-25(27,28)20-24-30-19-22(33-7-11-36-12-8-33)31-21(32-23(19)34(24)9-13-38-20)15-4-3-5-17-16(15)14-29-35(17)18-6-1-2-10-37-18;1-17(2)18(3,4)24-19(23-17)14-8-7-9-15-13(14)12-20-21(15)16-10-5-6-11-22-16;14-12-19-9(21-1-4-23-5-2-21)7-10(20-12)22-3-6-24-8(11(22)18-7)13(15,16)17/h3-5,14,18,20H,1-2,6-13H2;7-9,12,16H,5-6,10-11H2,1-4H3;8H,1-6H2. The minimum Gasteiger partial charge on any atom is -0.399 e. The first-order valence-corrected chi connectivity index (χ1v) is 29.5. The number of hydrogen-bond donors (Lipinski definition) is 0. The largest absolute Gasteiger partial charge is 0.495 e. The van der Waals surface area contributed by atoms with E-state index in [0.29, 0.717) is 99.0 Å². The minimum atomic E-state index is -4.59. The Balaban J connectivity index is 0.000000125. The number of benzene rings is 2. The lowest BCUT2D eigenvalue weighted by molar-refractivity contribution is -0.233. The number of ether oxygens (including phenoxy) is 6. The predicted molar refractivity (Wildman–Crippen MR) is 303 cm³/mol. The number of hydrogen-bond acceptors (Lipinski definition) is 18. The Morgan fingerprint density at radius 2 is 1.02 bits per heavy atom. The number of alkyl halides is 6. The Bertz CT molecular complexity index is 3740. The van der Waals surface area contributed by atoms with Gasteiger partial charge in [0.1, 0.15) is 11.6 Å². The third-order valence-corrected chi connectivity index (χ3v) is 17.2. The lowest BCUT2D eigenvalue weighted by atomic mass is 9.77. The summed E-state index contributed by atoms with van der Waals surface area (Å²) in [6, 6.07) is 12.0. The molecule has 0 saturated carbocycles. The van der Waals surface area contributed by atoms with Crippen LogP contribution in [0.1, 0.15) is 103 Å². The van der Waals surface area contributed by atoms with Gasteiger partial charge >= 0.3 is 19.5 Å². The molecule has 4 unspecified atom stereocenters. The van der Waals surface area contributed by atoms with Crippen molar-refractivity contribution in [1.82, 2.24) is 58.6 Å². The molecule has 5 fully saturated rings. The van der Waals surface area contributed by atoms with Crippen LogP contribution in [0.25, 0.3) is 55.5 Å². The number of halogens is 7. The van der Waals surface area contributed by atoms with Gasteiger partial charge in [-0.1, -0.05) is 24.3 Å². The van der Waals surface area contributed by atoms with Crippen molar-refractivity contribution >= 4 is 80.0 Å². The van der Waals surface area contributed by atoms with E-state index in [-0.39, 0.29) is 74.0 Å². The molecule has 86 heavy (non-hydrogen) atoms. The average molecular weight is 1220 g/mol. The SMILES string of the molecule is CC1(C)OB(c2cccc3c2cnn3C2CCCCO2)OC1(C)C.FC(F)(F)C1OCCn2c1nc1c(N3CCOCC3)nc(-c3cccc4c3cnn4C3CCCCO3)nc12.FC(F)(F)C1OCCn2c1nc1c(N3CCOCC3)nc(Cl)nc12. The zero-order chi connectivity index (χ0) is 59.7. The van der Waals surface area contributed by atoms with E-state index in [4.69, 9.17) is 59.3 Å². The van der Waals surface area contributed by atoms with E-state index < -0.39 is 24.6 Å².